The van der Waals surface area contributed by atoms with Gasteiger partial charge in [0.2, 0.25) is 0 Å². The topological polar surface area (TPSA) is 60.2 Å². The predicted octanol–water partition coefficient (Wildman–Crippen LogP) is 3.89. The molecule has 1 amide bonds. The lowest BCUT2D eigenvalue weighted by atomic mass is 10.0. The molecule has 2 aliphatic rings. The van der Waals surface area contributed by atoms with Crippen LogP contribution in [0.25, 0.3) is 5.69 Å². The molecule has 0 N–H and O–H groups in total. The van der Waals surface area contributed by atoms with E-state index in [4.69, 9.17) is 4.74 Å². The van der Waals surface area contributed by atoms with Crippen LogP contribution >= 0.6 is 0 Å². The van der Waals surface area contributed by atoms with E-state index in [9.17, 15) is 9.18 Å². The maximum absolute atomic E-state index is 13.5. The van der Waals surface area contributed by atoms with Crippen molar-refractivity contribution in [3.63, 3.8) is 0 Å². The average Bonchev–Trinajstić information content (AvgIpc) is 3.51. The quantitative estimate of drug-likeness (QED) is 0.676. The number of anilines is 1. The number of halogens is 1. The Morgan fingerprint density at radius 3 is 2.69 bits per heavy atom. The normalized spacial score (nSPS) is 15.9. The van der Waals surface area contributed by atoms with Crippen LogP contribution < -0.4 is 9.64 Å². The van der Waals surface area contributed by atoms with Gasteiger partial charge in [-0.05, 0) is 73.7 Å². The van der Waals surface area contributed by atoms with Crippen molar-refractivity contribution in [2.45, 2.75) is 31.6 Å². The number of rotatable bonds is 4. The predicted molar refractivity (Wildman–Crippen MR) is 106 cm³/mol. The highest BCUT2D eigenvalue weighted by molar-refractivity contribution is 6.06. The first-order valence-corrected chi connectivity index (χ1v) is 9.86. The van der Waals surface area contributed by atoms with E-state index in [0.717, 1.165) is 48.4 Å². The van der Waals surface area contributed by atoms with Crippen LogP contribution in [0.3, 0.4) is 0 Å². The van der Waals surface area contributed by atoms with E-state index in [2.05, 4.69) is 10.3 Å². The van der Waals surface area contributed by atoms with Crippen molar-refractivity contribution >= 4 is 11.6 Å². The number of nitrogens with zero attached hydrogens (tertiary/aromatic N) is 4. The minimum absolute atomic E-state index is 0.133. The summed E-state index contributed by atoms with van der Waals surface area (Å²) in [4.78, 5) is 15.3. The number of carbonyl (C=O) groups excluding carboxylic acids is 1. The summed E-state index contributed by atoms with van der Waals surface area (Å²) >= 11 is 0. The van der Waals surface area contributed by atoms with E-state index in [1.807, 2.05) is 18.2 Å². The molecule has 0 saturated heterocycles. The smallest absolute Gasteiger partial charge is 0.280 e. The van der Waals surface area contributed by atoms with Crippen molar-refractivity contribution < 1.29 is 13.9 Å². The second-order valence-electron chi connectivity index (χ2n) is 7.54. The van der Waals surface area contributed by atoms with E-state index in [0.29, 0.717) is 17.9 Å². The molecule has 2 heterocycles. The number of amides is 1. The SMILES string of the molecule is COc1ccc2c(c1)CCCN2C(=O)c1nnn(-c2ccc(F)cc2)c1C1CC1. The third-order valence-corrected chi connectivity index (χ3v) is 5.59. The molecule has 0 unspecified atom stereocenters. The van der Waals surface area contributed by atoms with Crippen LogP contribution in [-0.2, 0) is 6.42 Å². The Morgan fingerprint density at radius 1 is 1.17 bits per heavy atom. The van der Waals surface area contributed by atoms with Gasteiger partial charge in [-0.1, -0.05) is 5.21 Å². The molecule has 1 aliphatic carbocycles. The van der Waals surface area contributed by atoms with Gasteiger partial charge in [0.05, 0.1) is 18.5 Å². The van der Waals surface area contributed by atoms with Crippen molar-refractivity contribution in [2.75, 3.05) is 18.6 Å². The van der Waals surface area contributed by atoms with E-state index in [-0.39, 0.29) is 17.6 Å². The second-order valence-corrected chi connectivity index (χ2v) is 7.54. The first-order chi connectivity index (χ1) is 14.2. The molecule has 148 valence electrons. The minimum atomic E-state index is -0.307. The molecule has 0 radical (unpaired) electrons. The number of benzene rings is 2. The van der Waals surface area contributed by atoms with Gasteiger partial charge in [0.15, 0.2) is 5.69 Å². The molecular weight excluding hydrogens is 371 g/mol. The van der Waals surface area contributed by atoms with Crippen molar-refractivity contribution in [1.82, 2.24) is 15.0 Å². The van der Waals surface area contributed by atoms with Gasteiger partial charge in [-0.2, -0.15) is 0 Å². The fourth-order valence-corrected chi connectivity index (χ4v) is 3.98. The number of hydrogen-bond donors (Lipinski definition) is 0. The number of methoxy groups -OCH3 is 1. The third-order valence-electron chi connectivity index (χ3n) is 5.59. The fourth-order valence-electron chi connectivity index (χ4n) is 3.98. The Balaban J connectivity index is 1.54. The largest absolute Gasteiger partial charge is 0.497 e. The summed E-state index contributed by atoms with van der Waals surface area (Å²) in [6.07, 6.45) is 3.80. The van der Waals surface area contributed by atoms with Crippen LogP contribution in [0.15, 0.2) is 42.5 Å². The first-order valence-electron chi connectivity index (χ1n) is 9.86. The molecule has 1 aromatic heterocycles. The molecule has 29 heavy (non-hydrogen) atoms. The molecule has 5 rings (SSSR count). The molecule has 1 saturated carbocycles. The lowest BCUT2D eigenvalue weighted by Gasteiger charge is -2.29. The Bertz CT molecular complexity index is 1070. The maximum atomic E-state index is 13.5. The molecule has 1 aliphatic heterocycles. The summed E-state index contributed by atoms with van der Waals surface area (Å²) in [5.41, 5.74) is 3.93. The third kappa shape index (κ3) is 3.16. The van der Waals surface area contributed by atoms with E-state index in [1.165, 1.54) is 12.1 Å². The zero-order valence-corrected chi connectivity index (χ0v) is 16.1. The first kappa shape index (κ1) is 17.8. The molecule has 7 heteroatoms. The lowest BCUT2D eigenvalue weighted by molar-refractivity contribution is 0.0979. The summed E-state index contributed by atoms with van der Waals surface area (Å²) in [7, 11) is 1.64. The number of carbonyl (C=O) groups is 1. The molecule has 0 bridgehead atoms. The molecular formula is C22H21FN4O2. The Kier molecular flexibility index (Phi) is 4.30. The highest BCUT2D eigenvalue weighted by atomic mass is 19.1. The monoisotopic (exact) mass is 392 g/mol. The number of aromatic nitrogens is 3. The standard InChI is InChI=1S/C22H21FN4O2/c1-29-18-10-11-19-15(13-18)3-2-12-26(19)22(28)20-21(14-4-5-14)27(25-24-20)17-8-6-16(23)7-9-17/h6-11,13-14H,2-5,12H2,1H3. The Morgan fingerprint density at radius 2 is 1.97 bits per heavy atom. The van der Waals surface area contributed by atoms with Crippen LogP contribution in [0.2, 0.25) is 0 Å². The van der Waals surface area contributed by atoms with Crippen LogP contribution in [0, 0.1) is 5.82 Å². The summed E-state index contributed by atoms with van der Waals surface area (Å²) in [6, 6.07) is 11.9. The van der Waals surface area contributed by atoms with Gasteiger partial charge in [0.1, 0.15) is 11.6 Å². The van der Waals surface area contributed by atoms with Gasteiger partial charge in [-0.25, -0.2) is 9.07 Å². The zero-order chi connectivity index (χ0) is 20.0. The summed E-state index contributed by atoms with van der Waals surface area (Å²) < 4.78 is 20.3. The van der Waals surface area contributed by atoms with Crippen LogP contribution in [0.4, 0.5) is 10.1 Å². The van der Waals surface area contributed by atoms with Gasteiger partial charge in [-0.15, -0.1) is 5.10 Å². The van der Waals surface area contributed by atoms with E-state index in [1.54, 1.807) is 28.8 Å². The molecule has 3 aromatic rings. The van der Waals surface area contributed by atoms with Gasteiger partial charge in [0.25, 0.3) is 5.91 Å². The van der Waals surface area contributed by atoms with Gasteiger partial charge in [0, 0.05) is 18.2 Å². The number of hydrogen-bond acceptors (Lipinski definition) is 4. The maximum Gasteiger partial charge on any atom is 0.280 e. The number of aryl methyl sites for hydroxylation is 1. The van der Waals surface area contributed by atoms with Crippen molar-refractivity contribution in [2.24, 2.45) is 0 Å². The van der Waals surface area contributed by atoms with Crippen LogP contribution in [-0.4, -0.2) is 34.6 Å². The lowest BCUT2D eigenvalue weighted by Crippen LogP contribution is -2.36. The van der Waals surface area contributed by atoms with E-state index >= 15 is 0 Å². The van der Waals surface area contributed by atoms with Gasteiger partial charge < -0.3 is 9.64 Å². The number of fused-ring (bicyclic) bond motifs is 1. The molecule has 2 aromatic carbocycles. The Hall–Kier alpha value is -3.22. The van der Waals surface area contributed by atoms with Crippen molar-refractivity contribution in [3.8, 4) is 11.4 Å². The van der Waals surface area contributed by atoms with Gasteiger partial charge in [-0.3, -0.25) is 4.79 Å². The van der Waals surface area contributed by atoms with Crippen molar-refractivity contribution in [3.05, 3.63) is 65.2 Å². The molecule has 6 nitrogen and oxygen atoms in total. The zero-order valence-electron chi connectivity index (χ0n) is 16.1. The van der Waals surface area contributed by atoms with Gasteiger partial charge >= 0.3 is 0 Å². The van der Waals surface area contributed by atoms with Crippen LogP contribution in [0.1, 0.15) is 46.9 Å². The second kappa shape index (κ2) is 6.99. The van der Waals surface area contributed by atoms with Crippen molar-refractivity contribution in [1.29, 1.82) is 0 Å². The van der Waals surface area contributed by atoms with Crippen LogP contribution in [0.5, 0.6) is 5.75 Å². The fraction of sp³-hybridized carbons (Fsp3) is 0.318. The summed E-state index contributed by atoms with van der Waals surface area (Å²) in [6.45, 7) is 0.645. The summed E-state index contributed by atoms with van der Waals surface area (Å²) in [5, 5.41) is 8.51. The highest BCUT2D eigenvalue weighted by Gasteiger charge is 2.36. The molecule has 1 fully saturated rings. The molecule has 0 atom stereocenters. The van der Waals surface area contributed by atoms with E-state index < -0.39 is 0 Å². The number of ether oxygens (including phenoxy) is 1. The minimum Gasteiger partial charge on any atom is -0.497 e. The highest BCUT2D eigenvalue weighted by Crippen LogP contribution is 2.42. The average molecular weight is 392 g/mol. The molecule has 0 spiro atoms. The summed E-state index contributed by atoms with van der Waals surface area (Å²) in [5.74, 6) is 0.609. The Labute approximate surface area is 167 Å².